The normalized spacial score (nSPS) is 18.4. The fraction of sp³-hybridized carbons (Fsp3) is 0.429. The summed E-state index contributed by atoms with van der Waals surface area (Å²) < 4.78 is 0.998. The number of halogens is 1. The van der Waals surface area contributed by atoms with E-state index in [4.69, 9.17) is 10.7 Å². The Kier molecular flexibility index (Phi) is 8.42. The summed E-state index contributed by atoms with van der Waals surface area (Å²) >= 11 is 3.52. The molecule has 0 saturated carbocycles. The molecule has 2 aliphatic heterocycles. The van der Waals surface area contributed by atoms with Gasteiger partial charge in [0.2, 0.25) is 0 Å². The Balaban J connectivity index is 1.53. The van der Waals surface area contributed by atoms with Crippen LogP contribution in [0.25, 0.3) is 0 Å². The predicted molar refractivity (Wildman–Crippen MR) is 148 cm³/mol. The molecule has 3 heterocycles. The first-order valence-electron chi connectivity index (χ1n) is 12.4. The number of nitrogens with zero attached hydrogens (tertiary/aromatic N) is 5. The second kappa shape index (κ2) is 11.5. The van der Waals surface area contributed by atoms with E-state index in [9.17, 15) is 0 Å². The van der Waals surface area contributed by atoms with E-state index in [1.807, 2.05) is 19.3 Å². The topological polar surface area (TPSA) is 61.0 Å². The van der Waals surface area contributed by atoms with Gasteiger partial charge in [0.05, 0.1) is 11.9 Å². The Morgan fingerprint density at radius 1 is 1.14 bits per heavy atom. The summed E-state index contributed by atoms with van der Waals surface area (Å²) in [6.45, 7) is 14.6. The number of pyridine rings is 1. The molecule has 0 aliphatic carbocycles. The van der Waals surface area contributed by atoms with E-state index in [1.165, 1.54) is 22.4 Å². The Morgan fingerprint density at radius 3 is 2.63 bits per heavy atom. The van der Waals surface area contributed by atoms with Crippen LogP contribution in [-0.4, -0.2) is 71.3 Å². The standard InChI is InChI=1S/C28H37BrN6/c1-20(13-23-15-27(29)18-31-17-23)35-8-7-24-5-6-25(16-26(24)19-35)28(32-22(3)30)14-21(2)34-11-9-33(4)10-12-34/h5-6,14-18,22H,1,7-13,19,30H2,2-4H3/b21-14+,32-28+. The molecule has 0 spiro atoms. The molecule has 1 aromatic carbocycles. The lowest BCUT2D eigenvalue weighted by Gasteiger charge is -2.34. The Labute approximate surface area is 218 Å². The number of likely N-dealkylation sites (N-methyl/N-ethyl adjacent to an activating group) is 1. The van der Waals surface area contributed by atoms with Gasteiger partial charge in [-0.1, -0.05) is 18.7 Å². The molecule has 0 amide bonds. The molecule has 2 aromatic rings. The second-order valence-corrected chi connectivity index (χ2v) is 10.7. The van der Waals surface area contributed by atoms with Gasteiger partial charge >= 0.3 is 0 Å². The van der Waals surface area contributed by atoms with Crippen LogP contribution in [0.15, 0.2) is 70.2 Å². The Hall–Kier alpha value is -2.48. The SMILES string of the molecule is C=C(Cc1cncc(Br)c1)N1CCc2ccc(C(/C=C(\C)N3CCN(C)CC3)=N/C(C)N)cc2C1. The van der Waals surface area contributed by atoms with Crippen LogP contribution in [0, 0.1) is 0 Å². The van der Waals surface area contributed by atoms with E-state index in [1.54, 1.807) is 0 Å². The summed E-state index contributed by atoms with van der Waals surface area (Å²) in [5.74, 6) is 0. The van der Waals surface area contributed by atoms with Crippen molar-refractivity contribution in [3.05, 3.63) is 87.4 Å². The van der Waals surface area contributed by atoms with Crippen LogP contribution in [0.4, 0.5) is 0 Å². The van der Waals surface area contributed by atoms with E-state index >= 15 is 0 Å². The molecule has 1 aromatic heterocycles. The average molecular weight is 538 g/mol. The maximum atomic E-state index is 6.12. The van der Waals surface area contributed by atoms with E-state index < -0.39 is 0 Å². The van der Waals surface area contributed by atoms with Crippen LogP contribution in [0.2, 0.25) is 0 Å². The molecule has 186 valence electrons. The van der Waals surface area contributed by atoms with Gasteiger partial charge in [-0.05, 0) is 78.1 Å². The molecule has 4 rings (SSSR count). The number of allylic oxidation sites excluding steroid dienone is 3. The first kappa shape index (κ1) is 25.6. The van der Waals surface area contributed by atoms with Crippen molar-refractivity contribution in [3.63, 3.8) is 0 Å². The lowest BCUT2D eigenvalue weighted by molar-refractivity contribution is 0.187. The minimum atomic E-state index is -0.257. The highest BCUT2D eigenvalue weighted by atomic mass is 79.9. The van der Waals surface area contributed by atoms with Crippen LogP contribution >= 0.6 is 15.9 Å². The second-order valence-electron chi connectivity index (χ2n) is 9.74. The minimum absolute atomic E-state index is 0.257. The van der Waals surface area contributed by atoms with Gasteiger partial charge in [0.25, 0.3) is 0 Å². The van der Waals surface area contributed by atoms with Gasteiger partial charge in [0.1, 0.15) is 0 Å². The van der Waals surface area contributed by atoms with Crippen molar-refractivity contribution in [1.82, 2.24) is 19.7 Å². The van der Waals surface area contributed by atoms with Crippen molar-refractivity contribution in [2.45, 2.75) is 39.4 Å². The zero-order valence-electron chi connectivity index (χ0n) is 21.2. The van der Waals surface area contributed by atoms with Gasteiger partial charge in [-0.3, -0.25) is 9.98 Å². The summed E-state index contributed by atoms with van der Waals surface area (Å²) in [5, 5.41) is 0. The molecule has 1 saturated heterocycles. The zero-order valence-corrected chi connectivity index (χ0v) is 22.8. The molecule has 2 aliphatic rings. The van der Waals surface area contributed by atoms with Gasteiger partial charge in [-0.2, -0.15) is 0 Å². The lowest BCUT2D eigenvalue weighted by atomic mass is 9.94. The average Bonchev–Trinajstić information content (AvgIpc) is 2.83. The van der Waals surface area contributed by atoms with Crippen LogP contribution < -0.4 is 5.73 Å². The minimum Gasteiger partial charge on any atom is -0.372 e. The number of aliphatic imine (C=N–C) groups is 1. The van der Waals surface area contributed by atoms with Gasteiger partial charge in [-0.25, -0.2) is 0 Å². The highest BCUT2D eigenvalue weighted by molar-refractivity contribution is 9.10. The van der Waals surface area contributed by atoms with Gasteiger partial charge in [-0.15, -0.1) is 0 Å². The number of hydrogen-bond acceptors (Lipinski definition) is 6. The number of aromatic nitrogens is 1. The summed E-state index contributed by atoms with van der Waals surface area (Å²) in [5.41, 5.74) is 14.5. The fourth-order valence-corrected chi connectivity index (χ4v) is 5.16. The lowest BCUT2D eigenvalue weighted by Crippen LogP contribution is -2.43. The third-order valence-corrected chi connectivity index (χ3v) is 7.26. The fourth-order valence-electron chi connectivity index (χ4n) is 4.75. The Morgan fingerprint density at radius 2 is 1.91 bits per heavy atom. The number of rotatable bonds is 7. The molecule has 0 bridgehead atoms. The van der Waals surface area contributed by atoms with Crippen LogP contribution in [-0.2, 0) is 19.4 Å². The van der Waals surface area contributed by atoms with E-state index in [0.29, 0.717) is 0 Å². The van der Waals surface area contributed by atoms with Gasteiger partial charge < -0.3 is 20.4 Å². The quantitative estimate of drug-likeness (QED) is 0.537. The molecule has 1 atom stereocenters. The van der Waals surface area contributed by atoms with Gasteiger partial charge in [0.15, 0.2) is 0 Å². The van der Waals surface area contributed by atoms with E-state index in [0.717, 1.165) is 73.6 Å². The number of benzene rings is 1. The van der Waals surface area contributed by atoms with Crippen molar-refractivity contribution >= 4 is 21.6 Å². The molecule has 6 nitrogen and oxygen atoms in total. The molecule has 1 fully saturated rings. The predicted octanol–water partition coefficient (Wildman–Crippen LogP) is 4.20. The number of fused-ring (bicyclic) bond motifs is 1. The summed E-state index contributed by atoms with van der Waals surface area (Å²) in [6, 6.07) is 8.87. The van der Waals surface area contributed by atoms with Crippen LogP contribution in [0.5, 0.6) is 0 Å². The van der Waals surface area contributed by atoms with Crippen molar-refractivity contribution < 1.29 is 0 Å². The first-order valence-corrected chi connectivity index (χ1v) is 13.2. The zero-order chi connectivity index (χ0) is 24.9. The first-order chi connectivity index (χ1) is 16.8. The highest BCUT2D eigenvalue weighted by Gasteiger charge is 2.20. The smallest absolute Gasteiger partial charge is 0.0948 e. The molecule has 1 unspecified atom stereocenters. The van der Waals surface area contributed by atoms with E-state index in [-0.39, 0.29) is 6.17 Å². The third kappa shape index (κ3) is 6.81. The maximum absolute atomic E-state index is 6.12. The summed E-state index contributed by atoms with van der Waals surface area (Å²) in [7, 11) is 2.18. The Bertz CT molecular complexity index is 1110. The molecule has 0 radical (unpaired) electrons. The molecular formula is C28H37BrN6. The molecule has 2 N–H and O–H groups in total. The highest BCUT2D eigenvalue weighted by Crippen LogP contribution is 2.25. The third-order valence-electron chi connectivity index (χ3n) is 6.82. The van der Waals surface area contributed by atoms with Crippen molar-refractivity contribution in [2.75, 3.05) is 39.8 Å². The van der Waals surface area contributed by atoms with Crippen LogP contribution in [0.1, 0.15) is 36.1 Å². The summed E-state index contributed by atoms with van der Waals surface area (Å²) in [4.78, 5) is 16.3. The van der Waals surface area contributed by atoms with Crippen molar-refractivity contribution in [3.8, 4) is 0 Å². The van der Waals surface area contributed by atoms with Gasteiger partial charge in [0, 0.05) is 79.5 Å². The van der Waals surface area contributed by atoms with Crippen molar-refractivity contribution in [2.24, 2.45) is 10.7 Å². The number of piperazine rings is 1. The molecule has 35 heavy (non-hydrogen) atoms. The largest absolute Gasteiger partial charge is 0.372 e. The summed E-state index contributed by atoms with van der Waals surface area (Å²) in [6.07, 6.45) is 7.49. The van der Waals surface area contributed by atoms with Crippen LogP contribution in [0.3, 0.4) is 0 Å². The molecule has 7 heteroatoms. The maximum Gasteiger partial charge on any atom is 0.0948 e. The monoisotopic (exact) mass is 536 g/mol. The number of nitrogens with two attached hydrogens (primary N) is 1. The number of hydrogen-bond donors (Lipinski definition) is 1. The van der Waals surface area contributed by atoms with Crippen molar-refractivity contribution in [1.29, 1.82) is 0 Å². The van der Waals surface area contributed by atoms with E-state index in [2.05, 4.69) is 86.5 Å². The molecular weight excluding hydrogens is 500 g/mol.